The van der Waals surface area contributed by atoms with E-state index in [-0.39, 0.29) is 5.69 Å². The van der Waals surface area contributed by atoms with Gasteiger partial charge in [-0.25, -0.2) is 9.78 Å². The summed E-state index contributed by atoms with van der Waals surface area (Å²) in [5.74, 6) is -0.188. The first kappa shape index (κ1) is 13.1. The Hall–Kier alpha value is -2.30. The van der Waals surface area contributed by atoms with Crippen LogP contribution in [-0.2, 0) is 11.2 Å². The second-order valence-corrected chi connectivity index (χ2v) is 4.05. The predicted octanol–water partition coefficient (Wildman–Crippen LogP) is 2.19. The highest BCUT2D eigenvalue weighted by molar-refractivity contribution is 5.92. The van der Waals surface area contributed by atoms with E-state index in [2.05, 4.69) is 11.9 Å². The van der Waals surface area contributed by atoms with Crippen LogP contribution in [0.15, 0.2) is 30.6 Å². The number of nitrogens with two attached hydrogens (primary N) is 1. The van der Waals surface area contributed by atoms with Gasteiger partial charge in [-0.15, -0.1) is 0 Å². The Kier molecular flexibility index (Phi) is 3.85. The minimum absolute atomic E-state index is 0.160. The Bertz CT molecular complexity index is 590. The van der Waals surface area contributed by atoms with Crippen molar-refractivity contribution in [1.82, 2.24) is 9.55 Å². The number of benzene rings is 1. The predicted molar refractivity (Wildman–Crippen MR) is 73.3 cm³/mol. The van der Waals surface area contributed by atoms with Crippen LogP contribution in [0.5, 0.6) is 0 Å². The largest absolute Gasteiger partial charge is 0.461 e. The lowest BCUT2D eigenvalue weighted by atomic mass is 10.1. The lowest BCUT2D eigenvalue weighted by Gasteiger charge is -2.10. The van der Waals surface area contributed by atoms with E-state index in [4.69, 9.17) is 10.5 Å². The smallest absolute Gasteiger partial charge is 0.360 e. The maximum Gasteiger partial charge on any atom is 0.360 e. The molecule has 2 aromatic rings. The van der Waals surface area contributed by atoms with Gasteiger partial charge in [0.15, 0.2) is 5.69 Å². The topological polar surface area (TPSA) is 70.1 Å². The minimum Gasteiger partial charge on any atom is -0.461 e. The number of esters is 1. The standard InChI is InChI=1S/C14H17N3O2/c1-3-10-7-5-6-8-11(10)17-9-16-12(13(17)15)14(18)19-4-2/h5-9H,3-4,15H2,1-2H3. The van der Waals surface area contributed by atoms with Crippen LogP contribution in [0.3, 0.4) is 0 Å². The molecule has 2 N–H and O–H groups in total. The van der Waals surface area contributed by atoms with Gasteiger partial charge in [-0.1, -0.05) is 25.1 Å². The molecule has 5 heteroatoms. The fraction of sp³-hybridized carbons (Fsp3) is 0.286. The van der Waals surface area contributed by atoms with Crippen molar-refractivity contribution in [2.75, 3.05) is 12.3 Å². The molecule has 1 aromatic carbocycles. The molecule has 0 bridgehead atoms. The number of carbonyl (C=O) groups excluding carboxylic acids is 1. The number of imidazole rings is 1. The lowest BCUT2D eigenvalue weighted by molar-refractivity contribution is 0.0521. The van der Waals surface area contributed by atoms with Crippen LogP contribution >= 0.6 is 0 Å². The number of ether oxygens (including phenoxy) is 1. The number of rotatable bonds is 4. The summed E-state index contributed by atoms with van der Waals surface area (Å²) in [6.07, 6.45) is 2.43. The molecule has 0 unspecified atom stereocenters. The lowest BCUT2D eigenvalue weighted by Crippen LogP contribution is -2.10. The van der Waals surface area contributed by atoms with Crippen LogP contribution in [0.4, 0.5) is 5.82 Å². The molecule has 2 rings (SSSR count). The van der Waals surface area contributed by atoms with Crippen molar-refractivity contribution in [3.05, 3.63) is 41.9 Å². The quantitative estimate of drug-likeness (QED) is 0.854. The first-order valence-electron chi connectivity index (χ1n) is 6.27. The van der Waals surface area contributed by atoms with E-state index in [1.54, 1.807) is 17.8 Å². The summed E-state index contributed by atoms with van der Waals surface area (Å²) in [6.45, 7) is 4.12. The summed E-state index contributed by atoms with van der Waals surface area (Å²) in [5.41, 5.74) is 8.23. The number of hydrogen-bond donors (Lipinski definition) is 1. The Morgan fingerprint density at radius 1 is 1.37 bits per heavy atom. The second kappa shape index (κ2) is 5.56. The number of hydrogen-bond acceptors (Lipinski definition) is 4. The Balaban J connectivity index is 2.44. The van der Waals surface area contributed by atoms with Crippen molar-refractivity contribution in [3.63, 3.8) is 0 Å². The van der Waals surface area contributed by atoms with Gasteiger partial charge >= 0.3 is 5.97 Å². The fourth-order valence-corrected chi connectivity index (χ4v) is 1.95. The van der Waals surface area contributed by atoms with Gasteiger partial charge in [-0.05, 0) is 25.0 Å². The van der Waals surface area contributed by atoms with E-state index in [0.29, 0.717) is 12.4 Å². The second-order valence-electron chi connectivity index (χ2n) is 4.05. The van der Waals surface area contributed by atoms with E-state index in [1.165, 1.54) is 0 Å². The molecule has 19 heavy (non-hydrogen) atoms. The molecular formula is C14H17N3O2. The molecule has 0 saturated heterocycles. The van der Waals surface area contributed by atoms with Gasteiger partial charge in [0.2, 0.25) is 0 Å². The summed E-state index contributed by atoms with van der Waals surface area (Å²) in [5, 5.41) is 0. The van der Waals surface area contributed by atoms with Crippen molar-refractivity contribution in [3.8, 4) is 5.69 Å². The molecular weight excluding hydrogens is 242 g/mol. The molecule has 1 aromatic heterocycles. The van der Waals surface area contributed by atoms with E-state index < -0.39 is 5.97 Å². The number of nitrogens with zero attached hydrogens (tertiary/aromatic N) is 2. The molecule has 0 aliphatic heterocycles. The summed E-state index contributed by atoms with van der Waals surface area (Å²) in [4.78, 5) is 15.7. The van der Waals surface area contributed by atoms with E-state index in [9.17, 15) is 4.79 Å². The van der Waals surface area contributed by atoms with Gasteiger partial charge in [0.25, 0.3) is 0 Å². The van der Waals surface area contributed by atoms with Gasteiger partial charge in [0.1, 0.15) is 12.1 Å². The SMILES string of the molecule is CCOC(=O)c1ncn(-c2ccccc2CC)c1N. The summed E-state index contributed by atoms with van der Waals surface area (Å²) in [7, 11) is 0. The number of aromatic nitrogens is 2. The van der Waals surface area contributed by atoms with Crippen LogP contribution in [0, 0.1) is 0 Å². The third kappa shape index (κ3) is 2.45. The molecule has 0 amide bonds. The van der Waals surface area contributed by atoms with Gasteiger partial charge in [-0.3, -0.25) is 4.57 Å². The van der Waals surface area contributed by atoms with Gasteiger partial charge < -0.3 is 10.5 Å². The normalized spacial score (nSPS) is 10.4. The molecule has 5 nitrogen and oxygen atoms in total. The molecule has 1 heterocycles. The zero-order valence-electron chi connectivity index (χ0n) is 11.1. The fourth-order valence-electron chi connectivity index (χ4n) is 1.95. The zero-order valence-corrected chi connectivity index (χ0v) is 11.1. The highest BCUT2D eigenvalue weighted by Gasteiger charge is 2.18. The average Bonchev–Trinajstić information content (AvgIpc) is 2.80. The molecule has 0 spiro atoms. The first-order valence-corrected chi connectivity index (χ1v) is 6.27. The van der Waals surface area contributed by atoms with Crippen LogP contribution < -0.4 is 5.73 Å². The summed E-state index contributed by atoms with van der Waals surface area (Å²) in [6, 6.07) is 7.88. The molecule has 0 fully saturated rings. The van der Waals surface area contributed by atoms with Crippen molar-refractivity contribution in [1.29, 1.82) is 0 Å². The maximum atomic E-state index is 11.7. The zero-order chi connectivity index (χ0) is 13.8. The maximum absolute atomic E-state index is 11.7. The minimum atomic E-state index is -0.493. The Morgan fingerprint density at radius 3 is 2.79 bits per heavy atom. The van der Waals surface area contributed by atoms with E-state index in [1.807, 2.05) is 24.3 Å². The van der Waals surface area contributed by atoms with Crippen molar-refractivity contribution in [2.45, 2.75) is 20.3 Å². The van der Waals surface area contributed by atoms with E-state index >= 15 is 0 Å². The van der Waals surface area contributed by atoms with Gasteiger partial charge in [0, 0.05) is 0 Å². The molecule has 0 atom stereocenters. The Labute approximate surface area is 112 Å². The first-order chi connectivity index (χ1) is 9.19. The summed E-state index contributed by atoms with van der Waals surface area (Å²) < 4.78 is 6.63. The number of nitrogen functional groups attached to an aromatic ring is 1. The highest BCUT2D eigenvalue weighted by atomic mass is 16.5. The van der Waals surface area contributed by atoms with Crippen molar-refractivity contribution < 1.29 is 9.53 Å². The molecule has 100 valence electrons. The number of para-hydroxylation sites is 1. The van der Waals surface area contributed by atoms with Crippen molar-refractivity contribution in [2.24, 2.45) is 0 Å². The summed E-state index contributed by atoms with van der Waals surface area (Å²) >= 11 is 0. The van der Waals surface area contributed by atoms with Gasteiger partial charge in [-0.2, -0.15) is 0 Å². The third-order valence-corrected chi connectivity index (χ3v) is 2.91. The number of anilines is 1. The monoisotopic (exact) mass is 259 g/mol. The molecule has 0 aliphatic rings. The molecule has 0 aliphatic carbocycles. The highest BCUT2D eigenvalue weighted by Crippen LogP contribution is 2.21. The van der Waals surface area contributed by atoms with Crippen LogP contribution in [0.1, 0.15) is 29.9 Å². The average molecular weight is 259 g/mol. The Morgan fingerprint density at radius 2 is 2.11 bits per heavy atom. The van der Waals surface area contributed by atoms with Gasteiger partial charge in [0.05, 0.1) is 12.3 Å². The third-order valence-electron chi connectivity index (χ3n) is 2.91. The molecule has 0 saturated carbocycles. The van der Waals surface area contributed by atoms with Crippen LogP contribution in [0.25, 0.3) is 5.69 Å². The van der Waals surface area contributed by atoms with Crippen LogP contribution in [0.2, 0.25) is 0 Å². The van der Waals surface area contributed by atoms with Crippen molar-refractivity contribution >= 4 is 11.8 Å². The number of carbonyl (C=O) groups is 1. The number of aryl methyl sites for hydroxylation is 1. The molecule has 0 radical (unpaired) electrons. The van der Waals surface area contributed by atoms with Crippen LogP contribution in [-0.4, -0.2) is 22.1 Å². The van der Waals surface area contributed by atoms with E-state index in [0.717, 1.165) is 17.7 Å².